The van der Waals surface area contributed by atoms with E-state index in [1.165, 1.54) is 0 Å². The summed E-state index contributed by atoms with van der Waals surface area (Å²) in [5.74, 6) is 0.440. The summed E-state index contributed by atoms with van der Waals surface area (Å²) in [5.41, 5.74) is 4.74. The third kappa shape index (κ3) is 7.74. The number of carbonyl (C=O) groups excluding carboxylic acids is 2. The molecular formula is C38H44N6O3. The van der Waals surface area contributed by atoms with E-state index in [2.05, 4.69) is 55.5 Å². The summed E-state index contributed by atoms with van der Waals surface area (Å²) in [5, 5.41) is 2.27. The van der Waals surface area contributed by atoms with Gasteiger partial charge < -0.3 is 28.6 Å². The lowest BCUT2D eigenvalue weighted by Crippen LogP contribution is -2.39. The normalized spacial score (nSPS) is 13.7. The van der Waals surface area contributed by atoms with Gasteiger partial charge in [-0.25, -0.2) is 9.78 Å². The Balaban J connectivity index is 1.15. The molecule has 9 heteroatoms. The van der Waals surface area contributed by atoms with Gasteiger partial charge in [-0.2, -0.15) is 0 Å². The number of likely N-dealkylation sites (tertiary alicyclic amines) is 1. The molecule has 5 aromatic rings. The number of benzene rings is 3. The van der Waals surface area contributed by atoms with Crippen molar-refractivity contribution in [1.82, 2.24) is 28.8 Å². The van der Waals surface area contributed by atoms with Crippen molar-refractivity contribution < 1.29 is 14.3 Å². The van der Waals surface area contributed by atoms with Crippen molar-refractivity contribution in [3.63, 3.8) is 0 Å². The van der Waals surface area contributed by atoms with E-state index in [4.69, 9.17) is 4.74 Å². The number of hydrogen-bond donors (Lipinski definition) is 0. The Bertz CT molecular complexity index is 1800. The first kappa shape index (κ1) is 32.1. The Kier molecular flexibility index (Phi) is 10.0. The monoisotopic (exact) mass is 632 g/mol. The summed E-state index contributed by atoms with van der Waals surface area (Å²) in [7, 11) is 5.91. The number of ether oxygens (including phenoxy) is 1. The minimum absolute atomic E-state index is 0.0103. The van der Waals surface area contributed by atoms with Gasteiger partial charge in [0.25, 0.3) is 5.91 Å². The molecule has 0 N–H and O–H groups in total. The highest BCUT2D eigenvalue weighted by Gasteiger charge is 2.25. The van der Waals surface area contributed by atoms with Crippen molar-refractivity contribution in [2.24, 2.45) is 5.92 Å². The minimum atomic E-state index is -0.247. The number of piperidine rings is 1. The average molecular weight is 633 g/mol. The molecule has 244 valence electrons. The van der Waals surface area contributed by atoms with Gasteiger partial charge in [-0.05, 0) is 54.8 Å². The van der Waals surface area contributed by atoms with Crippen molar-refractivity contribution in [3.8, 4) is 11.1 Å². The second-order valence-electron chi connectivity index (χ2n) is 12.8. The minimum Gasteiger partial charge on any atom is -0.445 e. The highest BCUT2D eigenvalue weighted by Crippen LogP contribution is 2.33. The number of carbonyl (C=O) groups is 2. The Hall–Kier alpha value is -4.89. The summed E-state index contributed by atoms with van der Waals surface area (Å²) >= 11 is 0. The topological polar surface area (TPSA) is 75.8 Å². The molecule has 47 heavy (non-hydrogen) atoms. The van der Waals surface area contributed by atoms with E-state index in [1.54, 1.807) is 0 Å². The molecule has 2 aromatic heterocycles. The molecule has 1 aliphatic rings. The van der Waals surface area contributed by atoms with Gasteiger partial charge in [0.15, 0.2) is 0 Å². The fourth-order valence-electron chi connectivity index (χ4n) is 6.32. The van der Waals surface area contributed by atoms with Crippen LogP contribution >= 0.6 is 0 Å². The second-order valence-corrected chi connectivity index (χ2v) is 12.8. The number of hydrogen-bond acceptors (Lipinski definition) is 5. The molecule has 6 rings (SSSR count). The highest BCUT2D eigenvalue weighted by molar-refractivity contribution is 6.06. The smallest absolute Gasteiger partial charge is 0.410 e. The molecule has 0 atom stereocenters. The number of likely N-dealkylation sites (N-methyl/N-ethyl adjacent to an activating group) is 2. The third-order valence-corrected chi connectivity index (χ3v) is 9.10. The fraction of sp³-hybridized carbons (Fsp3) is 0.342. The largest absolute Gasteiger partial charge is 0.445 e. The van der Waals surface area contributed by atoms with Crippen LogP contribution < -0.4 is 0 Å². The summed E-state index contributed by atoms with van der Waals surface area (Å²) in [4.78, 5) is 36.7. The van der Waals surface area contributed by atoms with Crippen LogP contribution in [-0.2, 0) is 24.4 Å². The van der Waals surface area contributed by atoms with Crippen molar-refractivity contribution in [3.05, 3.63) is 115 Å². The van der Waals surface area contributed by atoms with E-state index in [9.17, 15) is 9.59 Å². The molecule has 0 aliphatic carbocycles. The summed E-state index contributed by atoms with van der Waals surface area (Å²) in [6.45, 7) is 4.51. The average Bonchev–Trinajstić information content (AvgIpc) is 3.72. The summed E-state index contributed by atoms with van der Waals surface area (Å²) in [6.07, 6.45) is 9.47. The molecular weight excluding hydrogens is 588 g/mol. The molecule has 3 heterocycles. The van der Waals surface area contributed by atoms with Crippen molar-refractivity contribution >= 4 is 22.8 Å². The zero-order chi connectivity index (χ0) is 32.8. The van der Waals surface area contributed by atoms with Crippen LogP contribution in [0.4, 0.5) is 4.79 Å². The Morgan fingerprint density at radius 3 is 2.40 bits per heavy atom. The molecule has 3 aromatic carbocycles. The molecule has 9 nitrogen and oxygen atoms in total. The Morgan fingerprint density at radius 2 is 1.62 bits per heavy atom. The van der Waals surface area contributed by atoms with E-state index in [-0.39, 0.29) is 12.0 Å². The van der Waals surface area contributed by atoms with Crippen molar-refractivity contribution in [1.29, 1.82) is 0 Å². The molecule has 1 aliphatic heterocycles. The lowest BCUT2D eigenvalue weighted by Gasteiger charge is -2.31. The Labute approximate surface area is 277 Å². The van der Waals surface area contributed by atoms with Crippen molar-refractivity contribution in [2.45, 2.75) is 32.5 Å². The number of nitrogens with zero attached hydrogens (tertiary/aromatic N) is 6. The van der Waals surface area contributed by atoms with Crippen LogP contribution in [0.1, 0.15) is 34.5 Å². The maximum absolute atomic E-state index is 13.9. The molecule has 1 saturated heterocycles. The number of amides is 2. The molecule has 2 amide bonds. The SMILES string of the molecule is CN(C)CCN(C)C(=O)c1cn(Cc2cncn2CC2CCN(C(=O)OCc3ccccc3)CC2)cc1-c1cccc2ccccc12. The zero-order valence-electron chi connectivity index (χ0n) is 27.6. The van der Waals surface area contributed by atoms with Gasteiger partial charge in [0.2, 0.25) is 0 Å². The third-order valence-electron chi connectivity index (χ3n) is 9.10. The van der Waals surface area contributed by atoms with Gasteiger partial charge in [-0.15, -0.1) is 0 Å². The number of aromatic nitrogens is 3. The predicted molar refractivity (Wildman–Crippen MR) is 185 cm³/mol. The molecule has 0 spiro atoms. The fourth-order valence-corrected chi connectivity index (χ4v) is 6.32. The van der Waals surface area contributed by atoms with E-state index in [0.29, 0.717) is 44.3 Å². The molecule has 0 bridgehead atoms. The lowest BCUT2D eigenvalue weighted by atomic mass is 9.97. The van der Waals surface area contributed by atoms with E-state index in [1.807, 2.05) is 92.1 Å². The maximum atomic E-state index is 13.9. The Morgan fingerprint density at radius 1 is 0.872 bits per heavy atom. The maximum Gasteiger partial charge on any atom is 0.410 e. The molecule has 0 radical (unpaired) electrons. The highest BCUT2D eigenvalue weighted by atomic mass is 16.6. The molecule has 0 unspecified atom stereocenters. The van der Waals surface area contributed by atoms with Gasteiger partial charge in [-0.1, -0.05) is 72.8 Å². The van der Waals surface area contributed by atoms with Crippen LogP contribution in [-0.4, -0.2) is 88.1 Å². The van der Waals surface area contributed by atoms with E-state index in [0.717, 1.165) is 59.1 Å². The zero-order valence-corrected chi connectivity index (χ0v) is 27.6. The van der Waals surface area contributed by atoms with Crippen LogP contribution in [0.15, 0.2) is 97.7 Å². The number of imidazole rings is 1. The van der Waals surface area contributed by atoms with Crippen LogP contribution in [0.3, 0.4) is 0 Å². The summed E-state index contributed by atoms with van der Waals surface area (Å²) in [6, 6.07) is 24.4. The van der Waals surface area contributed by atoms with Gasteiger partial charge in [0.05, 0.1) is 24.1 Å². The van der Waals surface area contributed by atoms with Crippen LogP contribution in [0.5, 0.6) is 0 Å². The van der Waals surface area contributed by atoms with Crippen LogP contribution in [0, 0.1) is 5.92 Å². The van der Waals surface area contributed by atoms with Gasteiger partial charge in [-0.3, -0.25) is 4.79 Å². The number of fused-ring (bicyclic) bond motifs is 1. The first-order valence-electron chi connectivity index (χ1n) is 16.4. The van der Waals surface area contributed by atoms with Crippen LogP contribution in [0.25, 0.3) is 21.9 Å². The van der Waals surface area contributed by atoms with Gasteiger partial charge in [0, 0.05) is 63.9 Å². The van der Waals surface area contributed by atoms with Crippen LogP contribution in [0.2, 0.25) is 0 Å². The number of rotatable bonds is 11. The molecule has 1 fully saturated rings. The first-order chi connectivity index (χ1) is 22.9. The van der Waals surface area contributed by atoms with Gasteiger partial charge in [0.1, 0.15) is 6.61 Å². The standard InChI is InChI=1S/C38H44N6O3/c1-40(2)20-21-41(3)37(45)36-26-42(25-35(36)34-15-9-13-31-12-7-8-14-33(31)34)24-32-22-39-28-44(32)23-29-16-18-43(19-17-29)38(46)47-27-30-10-5-4-6-11-30/h4-15,22,25-26,28-29H,16-21,23-24,27H2,1-3H3. The second kappa shape index (κ2) is 14.7. The quantitative estimate of drug-likeness (QED) is 0.173. The van der Waals surface area contributed by atoms with E-state index >= 15 is 0 Å². The lowest BCUT2D eigenvalue weighted by molar-refractivity contribution is 0.0785. The predicted octanol–water partition coefficient (Wildman–Crippen LogP) is 6.24. The van der Waals surface area contributed by atoms with Crippen molar-refractivity contribution in [2.75, 3.05) is 47.3 Å². The first-order valence-corrected chi connectivity index (χ1v) is 16.4. The molecule has 0 saturated carbocycles. The van der Waals surface area contributed by atoms with E-state index < -0.39 is 0 Å². The van der Waals surface area contributed by atoms with Gasteiger partial charge >= 0.3 is 6.09 Å². The summed E-state index contributed by atoms with van der Waals surface area (Å²) < 4.78 is 9.89.